The van der Waals surface area contributed by atoms with Gasteiger partial charge in [0.05, 0.1) is 12.3 Å². The fraction of sp³-hybridized carbons (Fsp3) is 0.381. The third-order valence-electron chi connectivity index (χ3n) is 4.59. The van der Waals surface area contributed by atoms with Crippen LogP contribution in [0.2, 0.25) is 0 Å². The van der Waals surface area contributed by atoms with Gasteiger partial charge in [-0.1, -0.05) is 32.3 Å². The van der Waals surface area contributed by atoms with Crippen molar-refractivity contribution < 1.29 is 23.8 Å². The van der Waals surface area contributed by atoms with E-state index in [0.717, 1.165) is 34.9 Å². The van der Waals surface area contributed by atoms with E-state index in [0.29, 0.717) is 12.6 Å². The average Bonchev–Trinajstić information content (AvgIpc) is 3.03. The number of benzene rings is 1. The molecule has 0 unspecified atom stereocenters. The van der Waals surface area contributed by atoms with E-state index in [1.54, 1.807) is 18.1 Å². The largest absolute Gasteiger partial charge is 0.508 e. The van der Waals surface area contributed by atoms with Crippen LogP contribution in [0.5, 0.6) is 5.75 Å². The predicted molar refractivity (Wildman–Crippen MR) is 103 cm³/mol. The molecule has 1 fully saturated rings. The summed E-state index contributed by atoms with van der Waals surface area (Å²) < 4.78 is 24.1. The Morgan fingerprint density at radius 1 is 1.21 bits per heavy atom. The van der Waals surface area contributed by atoms with Crippen LogP contribution >= 0.6 is 0 Å². The lowest BCUT2D eigenvalue weighted by atomic mass is 9.88. The maximum atomic E-state index is 12.0. The lowest BCUT2D eigenvalue weighted by Gasteiger charge is -2.20. The van der Waals surface area contributed by atoms with Crippen molar-refractivity contribution in [1.29, 1.82) is 0 Å². The zero-order valence-corrected chi connectivity index (χ0v) is 16.1. The van der Waals surface area contributed by atoms with Gasteiger partial charge in [0, 0.05) is 36.5 Å². The Bertz CT molecular complexity index is 748. The van der Waals surface area contributed by atoms with Gasteiger partial charge in [-0.15, -0.1) is 0 Å². The summed E-state index contributed by atoms with van der Waals surface area (Å²) in [6.45, 7) is 4.44. The topological polar surface area (TPSA) is 72.8 Å². The molecule has 0 radical (unpaired) electrons. The number of carbonyl (C=O) groups is 1. The van der Waals surface area contributed by atoms with E-state index in [1.807, 2.05) is 12.2 Å². The van der Waals surface area contributed by atoms with Gasteiger partial charge in [-0.05, 0) is 24.5 Å². The number of phenolic OH excluding ortho intramolecular Hbond substituents is 1. The van der Waals surface area contributed by atoms with Crippen LogP contribution in [0.1, 0.15) is 33.1 Å². The van der Waals surface area contributed by atoms with E-state index < -0.39 is 17.4 Å². The molecular formula is C21H26F2N2O3. The van der Waals surface area contributed by atoms with Gasteiger partial charge in [0.2, 0.25) is 0 Å². The molecular weight excluding hydrogens is 366 g/mol. The molecule has 0 aromatic heterocycles. The van der Waals surface area contributed by atoms with E-state index in [4.69, 9.17) is 10.2 Å². The molecule has 28 heavy (non-hydrogen) atoms. The number of phenols is 1. The smallest absolute Gasteiger partial charge is 0.159 e. The number of aromatic hydroxyl groups is 1. The van der Waals surface area contributed by atoms with E-state index in [1.165, 1.54) is 19.3 Å². The second kappa shape index (κ2) is 10.1. The SMILES string of the molecule is CC(=O)C1=C2C=CC(CO)=CN2NC1.CC1CCC1.Oc1cc(F)cc(F)c1. The maximum Gasteiger partial charge on any atom is 0.159 e. The molecule has 2 heterocycles. The van der Waals surface area contributed by atoms with Crippen molar-refractivity contribution in [3.63, 3.8) is 0 Å². The molecule has 1 aromatic carbocycles. The fourth-order valence-corrected chi connectivity index (χ4v) is 2.73. The quantitative estimate of drug-likeness (QED) is 0.718. The van der Waals surface area contributed by atoms with Gasteiger partial charge in [-0.3, -0.25) is 9.80 Å². The summed E-state index contributed by atoms with van der Waals surface area (Å²) in [5.41, 5.74) is 5.55. The van der Waals surface area contributed by atoms with Gasteiger partial charge in [0.25, 0.3) is 0 Å². The number of nitrogens with one attached hydrogen (secondary N) is 1. The van der Waals surface area contributed by atoms with Crippen LogP contribution in [0.25, 0.3) is 0 Å². The Balaban J connectivity index is 0.000000170. The fourth-order valence-electron chi connectivity index (χ4n) is 2.73. The van der Waals surface area contributed by atoms with Gasteiger partial charge in [0.1, 0.15) is 17.4 Å². The highest BCUT2D eigenvalue weighted by atomic mass is 19.1. The van der Waals surface area contributed by atoms with Crippen LogP contribution in [0.15, 0.2) is 53.4 Å². The standard InChI is InChI=1S/C10H12N2O2.C6H4F2O.C5H10/c1-7(14)9-4-11-12-5-8(6-13)2-3-10(9)12;7-4-1-5(8)3-6(9)2-4;1-5-3-2-4-5/h2-3,5,11,13H,4,6H2,1H3;1-3,9H;5H,2-4H2,1H3. The first-order chi connectivity index (χ1) is 13.3. The summed E-state index contributed by atoms with van der Waals surface area (Å²) in [5.74, 6) is -0.789. The van der Waals surface area contributed by atoms with Gasteiger partial charge in [0.15, 0.2) is 5.78 Å². The van der Waals surface area contributed by atoms with E-state index in [-0.39, 0.29) is 12.4 Å². The monoisotopic (exact) mass is 392 g/mol. The second-order valence-electron chi connectivity index (χ2n) is 6.98. The van der Waals surface area contributed by atoms with E-state index in [2.05, 4.69) is 12.3 Å². The summed E-state index contributed by atoms with van der Waals surface area (Å²) in [4.78, 5) is 11.2. The zero-order chi connectivity index (χ0) is 20.7. The number of nitrogens with zero attached hydrogens (tertiary/aromatic N) is 1. The summed E-state index contributed by atoms with van der Waals surface area (Å²) in [6.07, 6.45) is 9.93. The van der Waals surface area contributed by atoms with Gasteiger partial charge >= 0.3 is 0 Å². The van der Waals surface area contributed by atoms with Gasteiger partial charge in [-0.2, -0.15) is 0 Å². The molecule has 1 aromatic rings. The van der Waals surface area contributed by atoms with Crippen LogP contribution in [0.4, 0.5) is 8.78 Å². The first kappa shape index (κ1) is 21.8. The van der Waals surface area contributed by atoms with Crippen LogP contribution in [0, 0.1) is 17.6 Å². The number of allylic oxidation sites excluding steroid dienone is 1. The van der Waals surface area contributed by atoms with Gasteiger partial charge in [-0.25, -0.2) is 14.2 Å². The van der Waals surface area contributed by atoms with Crippen molar-refractivity contribution in [2.45, 2.75) is 33.1 Å². The Morgan fingerprint density at radius 2 is 1.82 bits per heavy atom. The van der Waals surface area contributed by atoms with Crippen molar-refractivity contribution >= 4 is 5.78 Å². The van der Waals surface area contributed by atoms with Crippen LogP contribution in [0.3, 0.4) is 0 Å². The second-order valence-corrected chi connectivity index (χ2v) is 6.98. The molecule has 1 saturated carbocycles. The lowest BCUT2D eigenvalue weighted by molar-refractivity contribution is -0.113. The van der Waals surface area contributed by atoms with Crippen molar-refractivity contribution in [3.8, 4) is 5.75 Å². The van der Waals surface area contributed by atoms with Gasteiger partial charge < -0.3 is 10.2 Å². The minimum Gasteiger partial charge on any atom is -0.508 e. The molecule has 0 bridgehead atoms. The number of rotatable bonds is 2. The molecule has 3 aliphatic rings. The van der Waals surface area contributed by atoms with E-state index >= 15 is 0 Å². The first-order valence-corrected chi connectivity index (χ1v) is 9.21. The van der Waals surface area contributed by atoms with Crippen LogP contribution in [-0.2, 0) is 4.79 Å². The number of Topliss-reactive ketones (excluding diaryl/α,β-unsaturated/α-hetero) is 1. The van der Waals surface area contributed by atoms with Crippen LogP contribution < -0.4 is 5.43 Å². The lowest BCUT2D eigenvalue weighted by Crippen LogP contribution is -2.28. The molecule has 4 rings (SSSR count). The number of aliphatic hydroxyl groups is 1. The number of hydrazine groups is 1. The summed E-state index contributed by atoms with van der Waals surface area (Å²) in [7, 11) is 0. The molecule has 0 saturated heterocycles. The number of halogens is 2. The molecule has 2 aliphatic heterocycles. The molecule has 0 spiro atoms. The molecule has 3 N–H and O–H groups in total. The normalized spacial score (nSPS) is 17.6. The third kappa shape index (κ3) is 6.28. The number of hydrogen-bond acceptors (Lipinski definition) is 5. The molecule has 152 valence electrons. The molecule has 1 aliphatic carbocycles. The third-order valence-corrected chi connectivity index (χ3v) is 4.59. The number of aliphatic hydroxyl groups excluding tert-OH is 1. The summed E-state index contributed by atoms with van der Waals surface area (Å²) in [5, 5.41) is 19.2. The number of carbonyl (C=O) groups excluding carboxylic acids is 1. The highest BCUT2D eigenvalue weighted by molar-refractivity contribution is 5.95. The molecule has 0 amide bonds. The Hall–Kier alpha value is -2.51. The first-order valence-electron chi connectivity index (χ1n) is 9.21. The van der Waals surface area contributed by atoms with E-state index in [9.17, 15) is 13.6 Å². The Kier molecular flexibility index (Phi) is 7.90. The highest BCUT2D eigenvalue weighted by Gasteiger charge is 2.23. The van der Waals surface area contributed by atoms with Crippen molar-refractivity contribution in [1.82, 2.24) is 10.4 Å². The minimum absolute atomic E-state index is 0.0113. The minimum atomic E-state index is -0.771. The average molecular weight is 392 g/mol. The predicted octanol–water partition coefficient (Wildman–Crippen LogP) is 3.57. The van der Waals surface area contributed by atoms with Crippen molar-refractivity contribution in [3.05, 3.63) is 65.0 Å². The maximum absolute atomic E-state index is 12.0. The Morgan fingerprint density at radius 3 is 2.25 bits per heavy atom. The highest BCUT2D eigenvalue weighted by Crippen LogP contribution is 2.24. The number of hydrogen-bond donors (Lipinski definition) is 3. The van der Waals surface area contributed by atoms with Crippen molar-refractivity contribution in [2.75, 3.05) is 13.2 Å². The Labute approximate surface area is 163 Å². The number of fused-ring (bicyclic) bond motifs is 1. The molecule has 0 atom stereocenters. The summed E-state index contributed by atoms with van der Waals surface area (Å²) >= 11 is 0. The summed E-state index contributed by atoms with van der Waals surface area (Å²) in [6, 6.07) is 2.37. The zero-order valence-electron chi connectivity index (χ0n) is 16.1. The van der Waals surface area contributed by atoms with Crippen molar-refractivity contribution in [2.24, 2.45) is 5.92 Å². The molecule has 7 heteroatoms. The number of ketones is 1. The van der Waals surface area contributed by atoms with Crippen LogP contribution in [-0.4, -0.2) is 34.2 Å². The molecule has 5 nitrogen and oxygen atoms in total.